The Labute approximate surface area is 91.5 Å². The van der Waals surface area contributed by atoms with E-state index in [1.807, 2.05) is 0 Å². The fourth-order valence-electron chi connectivity index (χ4n) is 3.00. The molecule has 3 rings (SSSR count). The van der Waals surface area contributed by atoms with Gasteiger partial charge in [-0.1, -0.05) is 30.7 Å². The summed E-state index contributed by atoms with van der Waals surface area (Å²) in [5, 5.41) is 0. The third-order valence-electron chi connectivity index (χ3n) is 3.80. The van der Waals surface area contributed by atoms with E-state index in [1.54, 1.807) is 11.1 Å². The van der Waals surface area contributed by atoms with Crippen molar-refractivity contribution in [2.45, 2.75) is 38.2 Å². The minimum absolute atomic E-state index is 0.452. The number of hydrogen-bond donors (Lipinski definition) is 0. The Morgan fingerprint density at radius 2 is 2.20 bits per heavy atom. The summed E-state index contributed by atoms with van der Waals surface area (Å²) < 4.78 is 5.98. The highest BCUT2D eigenvalue weighted by atomic mass is 16.5. The highest BCUT2D eigenvalue weighted by Gasteiger charge is 2.30. The van der Waals surface area contributed by atoms with Crippen LogP contribution >= 0.6 is 0 Å². The van der Waals surface area contributed by atoms with Crippen LogP contribution in [0.5, 0.6) is 0 Å². The van der Waals surface area contributed by atoms with Crippen LogP contribution in [-0.4, -0.2) is 12.7 Å². The van der Waals surface area contributed by atoms with E-state index in [9.17, 15) is 0 Å². The van der Waals surface area contributed by atoms with Gasteiger partial charge in [-0.3, -0.25) is 0 Å². The minimum Gasteiger partial charge on any atom is -0.373 e. The van der Waals surface area contributed by atoms with Gasteiger partial charge in [0, 0.05) is 5.92 Å². The second kappa shape index (κ2) is 3.97. The van der Waals surface area contributed by atoms with Crippen molar-refractivity contribution in [3.63, 3.8) is 0 Å². The van der Waals surface area contributed by atoms with Gasteiger partial charge in [0.05, 0.1) is 12.7 Å². The molecule has 1 saturated carbocycles. The van der Waals surface area contributed by atoms with Crippen LogP contribution in [0.15, 0.2) is 35.5 Å². The highest BCUT2D eigenvalue weighted by molar-refractivity contribution is 5.36. The zero-order chi connectivity index (χ0) is 10.1. The molecule has 1 fully saturated rings. The van der Waals surface area contributed by atoms with Crippen molar-refractivity contribution in [1.82, 2.24) is 0 Å². The lowest BCUT2D eigenvalue weighted by atomic mass is 9.81. The Kier molecular flexibility index (Phi) is 2.49. The first-order chi connectivity index (χ1) is 7.45. The average molecular weight is 202 g/mol. The lowest BCUT2D eigenvalue weighted by molar-refractivity contribution is 0.0286. The topological polar surface area (TPSA) is 9.23 Å². The van der Waals surface area contributed by atoms with Crippen LogP contribution in [0.3, 0.4) is 0 Å². The first-order valence-corrected chi connectivity index (χ1v) is 6.13. The monoisotopic (exact) mass is 202 g/mol. The molecule has 0 radical (unpaired) electrons. The molecule has 15 heavy (non-hydrogen) atoms. The van der Waals surface area contributed by atoms with Crippen molar-refractivity contribution >= 4 is 0 Å². The van der Waals surface area contributed by atoms with Crippen LogP contribution in [0.2, 0.25) is 0 Å². The summed E-state index contributed by atoms with van der Waals surface area (Å²) in [5.74, 6) is 0.629. The second-order valence-electron chi connectivity index (χ2n) is 4.77. The summed E-state index contributed by atoms with van der Waals surface area (Å²) in [6, 6.07) is 0. The van der Waals surface area contributed by atoms with Crippen molar-refractivity contribution in [3.05, 3.63) is 35.5 Å². The molecule has 1 heterocycles. The molecular weight excluding hydrogens is 184 g/mol. The molecule has 0 aromatic carbocycles. The molecule has 3 aliphatic rings. The number of rotatable bonds is 0. The quantitative estimate of drug-likeness (QED) is 0.585. The van der Waals surface area contributed by atoms with E-state index in [2.05, 4.69) is 24.3 Å². The van der Waals surface area contributed by atoms with Crippen molar-refractivity contribution in [1.29, 1.82) is 0 Å². The van der Waals surface area contributed by atoms with E-state index < -0.39 is 0 Å². The third kappa shape index (κ3) is 1.69. The lowest BCUT2D eigenvalue weighted by Gasteiger charge is -2.35. The Bertz CT molecular complexity index is 335. The average Bonchev–Trinajstić information content (AvgIpc) is 2.54. The van der Waals surface area contributed by atoms with Gasteiger partial charge in [-0.25, -0.2) is 0 Å². The molecule has 2 atom stereocenters. The van der Waals surface area contributed by atoms with Crippen LogP contribution in [-0.2, 0) is 4.74 Å². The van der Waals surface area contributed by atoms with E-state index in [0.717, 1.165) is 13.0 Å². The van der Waals surface area contributed by atoms with Crippen molar-refractivity contribution in [2.75, 3.05) is 6.61 Å². The number of fused-ring (bicyclic) bond motifs is 2. The summed E-state index contributed by atoms with van der Waals surface area (Å²) >= 11 is 0. The van der Waals surface area contributed by atoms with Crippen molar-refractivity contribution in [2.24, 2.45) is 5.92 Å². The number of hydrogen-bond acceptors (Lipinski definition) is 1. The molecule has 80 valence electrons. The summed E-state index contributed by atoms with van der Waals surface area (Å²) in [5.41, 5.74) is 3.20. The molecule has 1 nitrogen and oxygen atoms in total. The van der Waals surface area contributed by atoms with Gasteiger partial charge < -0.3 is 4.74 Å². The Balaban J connectivity index is 1.98. The normalized spacial score (nSPS) is 34.7. The van der Waals surface area contributed by atoms with Gasteiger partial charge in [0.1, 0.15) is 0 Å². The zero-order valence-corrected chi connectivity index (χ0v) is 9.11. The van der Waals surface area contributed by atoms with E-state index in [-0.39, 0.29) is 0 Å². The predicted molar refractivity (Wildman–Crippen MR) is 61.6 cm³/mol. The largest absolute Gasteiger partial charge is 0.373 e. The fourth-order valence-corrected chi connectivity index (χ4v) is 3.00. The van der Waals surface area contributed by atoms with Gasteiger partial charge in [0.25, 0.3) is 0 Å². The van der Waals surface area contributed by atoms with Gasteiger partial charge in [-0.15, -0.1) is 0 Å². The Morgan fingerprint density at radius 1 is 1.20 bits per heavy atom. The summed E-state index contributed by atoms with van der Waals surface area (Å²) in [4.78, 5) is 0. The predicted octanol–water partition coefficient (Wildman–Crippen LogP) is 3.39. The van der Waals surface area contributed by atoms with Gasteiger partial charge in [0.2, 0.25) is 0 Å². The molecule has 0 amide bonds. The standard InChI is InChI=1S/C14H18O/c1-2-6-11-10-15-14-9-5-4-8-13(14)12(11)7-3-1/h1-3,7,11,14H,4-6,8-10H2. The molecule has 0 saturated heterocycles. The SMILES string of the molecule is C1=CCC2COC3CCCCC3=C2C=C1. The molecule has 0 aromatic heterocycles. The van der Waals surface area contributed by atoms with Crippen LogP contribution < -0.4 is 0 Å². The summed E-state index contributed by atoms with van der Waals surface area (Å²) in [6.07, 6.45) is 15.8. The lowest BCUT2D eigenvalue weighted by Crippen LogP contribution is -2.31. The maximum Gasteiger partial charge on any atom is 0.0791 e. The van der Waals surface area contributed by atoms with Gasteiger partial charge in [0.15, 0.2) is 0 Å². The van der Waals surface area contributed by atoms with E-state index >= 15 is 0 Å². The molecule has 0 aromatic rings. The minimum atomic E-state index is 0.452. The van der Waals surface area contributed by atoms with Gasteiger partial charge >= 0.3 is 0 Å². The highest BCUT2D eigenvalue weighted by Crippen LogP contribution is 2.38. The molecular formula is C14H18O. The Morgan fingerprint density at radius 3 is 3.20 bits per heavy atom. The van der Waals surface area contributed by atoms with Gasteiger partial charge in [-0.2, -0.15) is 0 Å². The van der Waals surface area contributed by atoms with Crippen LogP contribution in [0.25, 0.3) is 0 Å². The summed E-state index contributed by atoms with van der Waals surface area (Å²) in [6.45, 7) is 0.929. The fraction of sp³-hybridized carbons (Fsp3) is 0.571. The molecule has 0 bridgehead atoms. The molecule has 0 N–H and O–H groups in total. The molecule has 1 heteroatoms. The van der Waals surface area contributed by atoms with E-state index in [1.165, 1.54) is 25.7 Å². The van der Waals surface area contributed by atoms with Crippen LogP contribution in [0.4, 0.5) is 0 Å². The number of allylic oxidation sites excluding steroid dienone is 4. The maximum absolute atomic E-state index is 5.98. The Hall–Kier alpha value is -0.820. The second-order valence-corrected chi connectivity index (χ2v) is 4.77. The summed E-state index contributed by atoms with van der Waals surface area (Å²) in [7, 11) is 0. The molecule has 2 aliphatic carbocycles. The van der Waals surface area contributed by atoms with Crippen molar-refractivity contribution < 1.29 is 4.74 Å². The number of ether oxygens (including phenoxy) is 1. The molecule has 0 spiro atoms. The zero-order valence-electron chi connectivity index (χ0n) is 9.11. The van der Waals surface area contributed by atoms with E-state index in [4.69, 9.17) is 4.74 Å². The van der Waals surface area contributed by atoms with Gasteiger partial charge in [-0.05, 0) is 36.8 Å². The molecule has 2 unspecified atom stereocenters. The third-order valence-corrected chi connectivity index (χ3v) is 3.80. The maximum atomic E-state index is 5.98. The first kappa shape index (κ1) is 9.41. The smallest absolute Gasteiger partial charge is 0.0791 e. The van der Waals surface area contributed by atoms with Crippen LogP contribution in [0, 0.1) is 5.92 Å². The first-order valence-electron chi connectivity index (χ1n) is 6.13. The van der Waals surface area contributed by atoms with E-state index in [0.29, 0.717) is 12.0 Å². The molecule has 1 aliphatic heterocycles. The van der Waals surface area contributed by atoms with Crippen molar-refractivity contribution in [3.8, 4) is 0 Å². The van der Waals surface area contributed by atoms with Crippen LogP contribution in [0.1, 0.15) is 32.1 Å².